The quantitative estimate of drug-likeness (QED) is 0.678. The van der Waals surface area contributed by atoms with Gasteiger partial charge in [0.1, 0.15) is 11.9 Å². The van der Waals surface area contributed by atoms with E-state index < -0.39 is 6.04 Å². The molecule has 0 bridgehead atoms. The fraction of sp³-hybridized carbons (Fsp3) is 0.579. The second kappa shape index (κ2) is 10.8. The highest BCUT2D eigenvalue weighted by Crippen LogP contribution is 2.25. The van der Waals surface area contributed by atoms with Gasteiger partial charge in [-0.15, -0.1) is 11.6 Å². The van der Waals surface area contributed by atoms with E-state index in [9.17, 15) is 9.59 Å². The number of benzene rings is 1. The van der Waals surface area contributed by atoms with Gasteiger partial charge in [0.15, 0.2) is 0 Å². The van der Waals surface area contributed by atoms with Crippen LogP contribution in [0.1, 0.15) is 43.7 Å². The maximum absolute atomic E-state index is 13.1. The zero-order valence-electron chi connectivity index (χ0n) is 15.0. The van der Waals surface area contributed by atoms with Crippen LogP contribution in [0.2, 0.25) is 5.02 Å². The summed E-state index contributed by atoms with van der Waals surface area (Å²) in [6, 6.07) is 6.38. The first kappa shape index (κ1) is 21.0. The number of carbonyl (C=O) groups is 2. The van der Waals surface area contributed by atoms with Gasteiger partial charge in [-0.2, -0.15) is 0 Å². The van der Waals surface area contributed by atoms with Gasteiger partial charge in [-0.1, -0.05) is 43.0 Å². The minimum absolute atomic E-state index is 0.154. The van der Waals surface area contributed by atoms with Crippen LogP contribution >= 0.6 is 23.2 Å². The van der Waals surface area contributed by atoms with Crippen LogP contribution in [0, 0.1) is 0 Å². The molecule has 1 saturated carbocycles. The molecule has 1 aromatic rings. The van der Waals surface area contributed by atoms with Crippen molar-refractivity contribution in [1.29, 1.82) is 0 Å². The van der Waals surface area contributed by atoms with Crippen molar-refractivity contribution in [3.63, 3.8) is 0 Å². The molecule has 144 valence electrons. The van der Waals surface area contributed by atoms with Crippen LogP contribution in [0.25, 0.3) is 0 Å². The maximum atomic E-state index is 13.1. The molecule has 1 aliphatic rings. The second-order valence-corrected chi connectivity index (χ2v) is 7.21. The predicted molar refractivity (Wildman–Crippen MR) is 104 cm³/mol. The van der Waals surface area contributed by atoms with Gasteiger partial charge in [-0.05, 0) is 30.5 Å². The van der Waals surface area contributed by atoms with Crippen LogP contribution in [0.4, 0.5) is 0 Å². The number of alkyl halides is 1. The summed E-state index contributed by atoms with van der Waals surface area (Å²) >= 11 is 11.8. The molecule has 5 nitrogen and oxygen atoms in total. The lowest BCUT2D eigenvalue weighted by atomic mass is 9.94. The molecule has 2 amide bonds. The molecule has 1 N–H and O–H groups in total. The molecule has 0 aromatic heterocycles. The summed E-state index contributed by atoms with van der Waals surface area (Å²) in [4.78, 5) is 27.0. The Labute approximate surface area is 165 Å². The molecule has 0 saturated heterocycles. The number of methoxy groups -OCH3 is 1. The van der Waals surface area contributed by atoms with Gasteiger partial charge in [0.05, 0.1) is 6.61 Å². The molecule has 0 heterocycles. The lowest BCUT2D eigenvalue weighted by Gasteiger charge is -2.33. The van der Waals surface area contributed by atoms with Crippen molar-refractivity contribution in [3.8, 4) is 0 Å². The van der Waals surface area contributed by atoms with E-state index in [1.54, 1.807) is 31.4 Å². The summed E-state index contributed by atoms with van der Waals surface area (Å²) in [5, 5.41) is 3.69. The Hall–Kier alpha value is -1.30. The van der Waals surface area contributed by atoms with E-state index in [0.29, 0.717) is 17.2 Å². The fourth-order valence-corrected chi connectivity index (χ4v) is 3.59. The summed E-state index contributed by atoms with van der Waals surface area (Å²) in [5.41, 5.74) is 0.706. The summed E-state index contributed by atoms with van der Waals surface area (Å²) < 4.78 is 5.11. The van der Waals surface area contributed by atoms with Crippen LogP contribution in [0.15, 0.2) is 24.3 Å². The molecular weight excluding hydrogens is 375 g/mol. The maximum Gasteiger partial charge on any atom is 0.247 e. The third-order valence-electron chi connectivity index (χ3n) is 4.67. The van der Waals surface area contributed by atoms with E-state index >= 15 is 0 Å². The SMILES string of the molecule is COCCN(C(=O)CCl)[C@@H](C(=O)NC1CCCCC1)c1ccc(Cl)cc1. The van der Waals surface area contributed by atoms with Crippen LogP contribution in [0.5, 0.6) is 0 Å². The lowest BCUT2D eigenvalue weighted by molar-refractivity contribution is -0.140. The highest BCUT2D eigenvalue weighted by molar-refractivity contribution is 6.30. The van der Waals surface area contributed by atoms with Crippen LogP contribution in [-0.2, 0) is 14.3 Å². The predicted octanol–water partition coefficient (Wildman–Crippen LogP) is 3.54. The van der Waals surface area contributed by atoms with E-state index in [2.05, 4.69) is 5.32 Å². The average Bonchev–Trinajstić information content (AvgIpc) is 2.66. The van der Waals surface area contributed by atoms with Gasteiger partial charge in [0.25, 0.3) is 0 Å². The highest BCUT2D eigenvalue weighted by Gasteiger charge is 2.32. The number of rotatable bonds is 8. The van der Waals surface area contributed by atoms with E-state index in [4.69, 9.17) is 27.9 Å². The van der Waals surface area contributed by atoms with Crippen LogP contribution in [-0.4, -0.2) is 48.9 Å². The first-order valence-electron chi connectivity index (χ1n) is 8.97. The molecule has 0 spiro atoms. The van der Waals surface area contributed by atoms with Gasteiger partial charge in [0, 0.05) is 24.7 Å². The van der Waals surface area contributed by atoms with E-state index in [-0.39, 0.29) is 30.3 Å². The first-order chi connectivity index (χ1) is 12.6. The molecule has 0 radical (unpaired) electrons. The molecule has 0 unspecified atom stereocenters. The van der Waals surface area contributed by atoms with Crippen LogP contribution < -0.4 is 5.32 Å². The summed E-state index contributed by atoms with van der Waals surface area (Å²) in [7, 11) is 1.56. The smallest absolute Gasteiger partial charge is 0.247 e. The fourth-order valence-electron chi connectivity index (χ4n) is 3.31. The normalized spacial score (nSPS) is 16.1. The number of hydrogen-bond acceptors (Lipinski definition) is 3. The summed E-state index contributed by atoms with van der Waals surface area (Å²) in [5.74, 6) is -0.680. The van der Waals surface area contributed by atoms with Crippen molar-refractivity contribution in [3.05, 3.63) is 34.9 Å². The van der Waals surface area contributed by atoms with Gasteiger partial charge < -0.3 is 15.0 Å². The Bertz CT molecular complexity index is 589. The van der Waals surface area contributed by atoms with E-state index in [1.807, 2.05) is 0 Å². The molecule has 2 rings (SSSR count). The third kappa shape index (κ3) is 5.86. The Kier molecular flexibility index (Phi) is 8.69. The molecular formula is C19H26Cl2N2O3. The summed E-state index contributed by atoms with van der Waals surface area (Å²) in [6.07, 6.45) is 5.38. The topological polar surface area (TPSA) is 58.6 Å². The average molecular weight is 401 g/mol. The number of amides is 2. The first-order valence-corrected chi connectivity index (χ1v) is 9.88. The van der Waals surface area contributed by atoms with Gasteiger partial charge in [0.2, 0.25) is 11.8 Å². The monoisotopic (exact) mass is 400 g/mol. The summed E-state index contributed by atoms with van der Waals surface area (Å²) in [6.45, 7) is 0.608. The number of hydrogen-bond donors (Lipinski definition) is 1. The van der Waals surface area contributed by atoms with Gasteiger partial charge >= 0.3 is 0 Å². The number of ether oxygens (including phenoxy) is 1. The number of halogens is 2. The molecule has 1 aromatic carbocycles. The molecule has 1 atom stereocenters. The van der Waals surface area contributed by atoms with Gasteiger partial charge in [-0.25, -0.2) is 0 Å². The molecule has 26 heavy (non-hydrogen) atoms. The molecule has 7 heteroatoms. The van der Waals surface area contributed by atoms with Crippen molar-refractivity contribution in [1.82, 2.24) is 10.2 Å². The van der Waals surface area contributed by atoms with Crippen molar-refractivity contribution >= 4 is 35.0 Å². The lowest BCUT2D eigenvalue weighted by Crippen LogP contribution is -2.48. The number of nitrogens with one attached hydrogen (secondary N) is 1. The standard InChI is InChI=1S/C19H26Cl2N2O3/c1-26-12-11-23(17(24)13-20)18(14-7-9-15(21)10-8-14)19(25)22-16-5-3-2-4-6-16/h7-10,16,18H,2-6,11-13H2,1H3,(H,22,25)/t18-/m1/s1. The van der Waals surface area contributed by atoms with Gasteiger partial charge in [-0.3, -0.25) is 9.59 Å². The van der Waals surface area contributed by atoms with Crippen molar-refractivity contribution in [2.45, 2.75) is 44.2 Å². The third-order valence-corrected chi connectivity index (χ3v) is 5.15. The zero-order chi connectivity index (χ0) is 18.9. The van der Waals surface area contributed by atoms with E-state index in [1.165, 1.54) is 11.3 Å². The van der Waals surface area contributed by atoms with Crippen LogP contribution in [0.3, 0.4) is 0 Å². The van der Waals surface area contributed by atoms with Crippen molar-refractivity contribution < 1.29 is 14.3 Å². The minimum atomic E-state index is -0.754. The van der Waals surface area contributed by atoms with Crippen molar-refractivity contribution in [2.75, 3.05) is 26.1 Å². The van der Waals surface area contributed by atoms with E-state index in [0.717, 1.165) is 25.7 Å². The molecule has 1 fully saturated rings. The Morgan fingerprint density at radius 3 is 2.46 bits per heavy atom. The second-order valence-electron chi connectivity index (χ2n) is 6.51. The highest BCUT2D eigenvalue weighted by atomic mass is 35.5. The zero-order valence-corrected chi connectivity index (χ0v) is 16.6. The molecule has 0 aliphatic heterocycles. The molecule has 1 aliphatic carbocycles. The largest absolute Gasteiger partial charge is 0.383 e. The minimum Gasteiger partial charge on any atom is -0.383 e. The Morgan fingerprint density at radius 2 is 1.88 bits per heavy atom. The Morgan fingerprint density at radius 1 is 1.23 bits per heavy atom. The number of nitrogens with zero attached hydrogens (tertiary/aromatic N) is 1. The Balaban J connectivity index is 2.27. The number of carbonyl (C=O) groups excluding carboxylic acids is 2. The van der Waals surface area contributed by atoms with Crippen molar-refractivity contribution in [2.24, 2.45) is 0 Å².